The zero-order chi connectivity index (χ0) is 9.59. The van der Waals surface area contributed by atoms with Gasteiger partial charge >= 0.3 is 0 Å². The summed E-state index contributed by atoms with van der Waals surface area (Å²) in [6.07, 6.45) is 0. The summed E-state index contributed by atoms with van der Waals surface area (Å²) >= 11 is 5.47. The molecule has 0 aliphatic carbocycles. The largest absolute Gasteiger partial charge is 0.356 e. The molecule has 0 saturated heterocycles. The molecule has 0 spiro atoms. The zero-order valence-electron chi connectivity index (χ0n) is 6.79. The van der Waals surface area contributed by atoms with Crippen molar-refractivity contribution in [2.45, 2.75) is 6.92 Å². The van der Waals surface area contributed by atoms with Gasteiger partial charge in [-0.15, -0.1) is 0 Å². The minimum atomic E-state index is -0.605. The Bertz CT molecular complexity index is 476. The van der Waals surface area contributed by atoms with E-state index in [2.05, 4.69) is 4.98 Å². The lowest BCUT2D eigenvalue weighted by molar-refractivity contribution is 0.617. The number of nitrogens with one attached hydrogen (secondary N) is 1. The van der Waals surface area contributed by atoms with Crippen LogP contribution in [0.25, 0.3) is 10.9 Å². The number of halogens is 3. The van der Waals surface area contributed by atoms with E-state index >= 15 is 0 Å². The Labute approximate surface area is 78.3 Å². The molecule has 0 saturated carbocycles. The van der Waals surface area contributed by atoms with Crippen molar-refractivity contribution >= 4 is 22.5 Å². The third kappa shape index (κ3) is 1.20. The number of aryl methyl sites for hydroxylation is 1. The third-order valence-electron chi connectivity index (χ3n) is 1.89. The van der Waals surface area contributed by atoms with Crippen LogP contribution in [0.2, 0.25) is 5.02 Å². The van der Waals surface area contributed by atoms with Crippen molar-refractivity contribution in [2.75, 3.05) is 0 Å². The van der Waals surface area contributed by atoms with E-state index in [4.69, 9.17) is 11.6 Å². The minimum Gasteiger partial charge on any atom is -0.356 e. The molecular formula is C9H6ClF2N. The maximum atomic E-state index is 13.3. The van der Waals surface area contributed by atoms with Gasteiger partial charge in [-0.1, -0.05) is 11.6 Å². The molecule has 0 aliphatic heterocycles. The van der Waals surface area contributed by atoms with Gasteiger partial charge in [0.25, 0.3) is 0 Å². The van der Waals surface area contributed by atoms with E-state index in [1.54, 1.807) is 13.0 Å². The number of rotatable bonds is 0. The second-order valence-corrected chi connectivity index (χ2v) is 3.30. The maximum absolute atomic E-state index is 13.3. The van der Waals surface area contributed by atoms with Gasteiger partial charge in [-0.25, -0.2) is 8.78 Å². The van der Waals surface area contributed by atoms with Crippen LogP contribution in [0.3, 0.4) is 0 Å². The average Bonchev–Trinajstić information content (AvgIpc) is 2.44. The molecule has 0 amide bonds. The zero-order valence-corrected chi connectivity index (χ0v) is 7.54. The quantitative estimate of drug-likeness (QED) is 0.629. The summed E-state index contributed by atoms with van der Waals surface area (Å²) in [7, 11) is 0. The Balaban J connectivity index is 2.95. The van der Waals surface area contributed by atoms with Crippen molar-refractivity contribution in [1.29, 1.82) is 0 Å². The predicted molar refractivity (Wildman–Crippen MR) is 48.0 cm³/mol. The Kier molecular flexibility index (Phi) is 1.77. The average molecular weight is 202 g/mol. The first-order chi connectivity index (χ1) is 6.09. The highest BCUT2D eigenvalue weighted by molar-refractivity contribution is 6.31. The van der Waals surface area contributed by atoms with Crippen LogP contribution in [0.15, 0.2) is 12.1 Å². The number of aromatic nitrogens is 1. The van der Waals surface area contributed by atoms with Crippen molar-refractivity contribution in [3.63, 3.8) is 0 Å². The van der Waals surface area contributed by atoms with Crippen LogP contribution in [0.4, 0.5) is 8.78 Å². The molecule has 0 radical (unpaired) electrons. The van der Waals surface area contributed by atoms with Crippen LogP contribution in [0, 0.1) is 18.6 Å². The van der Waals surface area contributed by atoms with Crippen molar-refractivity contribution in [3.05, 3.63) is 34.5 Å². The molecule has 1 aromatic heterocycles. The van der Waals surface area contributed by atoms with Gasteiger partial charge in [0.05, 0.1) is 10.5 Å². The molecule has 0 atom stereocenters. The van der Waals surface area contributed by atoms with E-state index in [1.807, 2.05) is 0 Å². The molecule has 1 nitrogen and oxygen atoms in total. The fourth-order valence-corrected chi connectivity index (χ4v) is 1.51. The molecule has 0 fully saturated rings. The van der Waals surface area contributed by atoms with Crippen molar-refractivity contribution in [1.82, 2.24) is 4.98 Å². The Hall–Kier alpha value is -1.09. The normalized spacial score (nSPS) is 11.1. The van der Waals surface area contributed by atoms with Gasteiger partial charge in [0, 0.05) is 11.1 Å². The van der Waals surface area contributed by atoms with E-state index < -0.39 is 11.6 Å². The first-order valence-electron chi connectivity index (χ1n) is 3.72. The maximum Gasteiger partial charge on any atom is 0.166 e. The van der Waals surface area contributed by atoms with E-state index in [9.17, 15) is 8.78 Å². The summed E-state index contributed by atoms with van der Waals surface area (Å²) in [6, 6.07) is 2.52. The fourth-order valence-electron chi connectivity index (χ4n) is 1.32. The molecule has 0 unspecified atom stereocenters. The van der Waals surface area contributed by atoms with Crippen molar-refractivity contribution in [2.24, 2.45) is 0 Å². The van der Waals surface area contributed by atoms with Gasteiger partial charge in [-0.05, 0) is 19.1 Å². The van der Waals surface area contributed by atoms with Crippen LogP contribution < -0.4 is 0 Å². The number of H-pyrrole nitrogens is 1. The molecule has 4 heteroatoms. The summed E-state index contributed by atoms with van der Waals surface area (Å²) in [5.74, 6) is -1.11. The lowest BCUT2D eigenvalue weighted by atomic mass is 10.2. The molecule has 1 N–H and O–H groups in total. The molecule has 1 heterocycles. The molecule has 2 rings (SSSR count). The number of hydrogen-bond acceptors (Lipinski definition) is 0. The van der Waals surface area contributed by atoms with Crippen molar-refractivity contribution in [3.8, 4) is 0 Å². The highest BCUT2D eigenvalue weighted by Crippen LogP contribution is 2.27. The van der Waals surface area contributed by atoms with Gasteiger partial charge in [0.15, 0.2) is 5.82 Å². The van der Waals surface area contributed by atoms with E-state index in [-0.39, 0.29) is 15.9 Å². The summed E-state index contributed by atoms with van der Waals surface area (Å²) in [6.45, 7) is 1.73. The molecule has 0 aliphatic rings. The van der Waals surface area contributed by atoms with Crippen LogP contribution in [0.5, 0.6) is 0 Å². The molecular weight excluding hydrogens is 196 g/mol. The Morgan fingerprint density at radius 1 is 1.31 bits per heavy atom. The number of hydrogen-bond donors (Lipinski definition) is 1. The number of fused-ring (bicyclic) bond motifs is 1. The topological polar surface area (TPSA) is 15.8 Å². The second kappa shape index (κ2) is 2.70. The minimum absolute atomic E-state index is 0.127. The van der Waals surface area contributed by atoms with Gasteiger partial charge in [0.1, 0.15) is 5.82 Å². The van der Waals surface area contributed by atoms with Crippen LogP contribution in [0.1, 0.15) is 5.69 Å². The van der Waals surface area contributed by atoms with Gasteiger partial charge < -0.3 is 4.98 Å². The summed E-state index contributed by atoms with van der Waals surface area (Å²) in [5.41, 5.74) is 0.831. The van der Waals surface area contributed by atoms with E-state index in [0.717, 1.165) is 6.07 Å². The Morgan fingerprint density at radius 3 is 2.69 bits per heavy atom. The van der Waals surface area contributed by atoms with Crippen LogP contribution >= 0.6 is 11.6 Å². The SMILES string of the molecule is Cc1cc2c(F)cc(Cl)c(F)c2[nH]1. The number of benzene rings is 1. The van der Waals surface area contributed by atoms with Crippen LogP contribution in [-0.2, 0) is 0 Å². The summed E-state index contributed by atoms with van der Waals surface area (Å²) < 4.78 is 26.4. The first-order valence-corrected chi connectivity index (χ1v) is 4.10. The fraction of sp³-hybridized carbons (Fsp3) is 0.111. The van der Waals surface area contributed by atoms with Crippen LogP contribution in [-0.4, -0.2) is 4.98 Å². The lowest BCUT2D eigenvalue weighted by Gasteiger charge is -1.96. The summed E-state index contributed by atoms with van der Waals surface area (Å²) in [5, 5.41) is 0.0336. The van der Waals surface area contributed by atoms with Gasteiger partial charge in [0.2, 0.25) is 0 Å². The van der Waals surface area contributed by atoms with Gasteiger partial charge in [-0.3, -0.25) is 0 Å². The highest BCUT2D eigenvalue weighted by atomic mass is 35.5. The number of aromatic amines is 1. The second-order valence-electron chi connectivity index (χ2n) is 2.90. The summed E-state index contributed by atoms with van der Waals surface area (Å²) in [4.78, 5) is 2.71. The molecule has 2 aromatic rings. The molecule has 13 heavy (non-hydrogen) atoms. The standard InChI is InChI=1S/C9H6ClF2N/c1-4-2-5-7(11)3-6(10)8(12)9(5)13-4/h2-3,13H,1H3. The highest BCUT2D eigenvalue weighted by Gasteiger charge is 2.12. The first kappa shape index (κ1) is 8.51. The molecule has 68 valence electrons. The third-order valence-corrected chi connectivity index (χ3v) is 2.17. The smallest absolute Gasteiger partial charge is 0.166 e. The molecule has 0 bridgehead atoms. The lowest BCUT2D eigenvalue weighted by Crippen LogP contribution is -1.84. The van der Waals surface area contributed by atoms with Gasteiger partial charge in [-0.2, -0.15) is 0 Å². The Morgan fingerprint density at radius 2 is 2.00 bits per heavy atom. The van der Waals surface area contributed by atoms with E-state index in [1.165, 1.54) is 0 Å². The van der Waals surface area contributed by atoms with Crippen molar-refractivity contribution < 1.29 is 8.78 Å². The molecule has 1 aromatic carbocycles. The van der Waals surface area contributed by atoms with E-state index in [0.29, 0.717) is 5.69 Å². The monoisotopic (exact) mass is 201 g/mol. The predicted octanol–water partition coefficient (Wildman–Crippen LogP) is 3.41.